The van der Waals surface area contributed by atoms with Crippen molar-refractivity contribution in [2.75, 3.05) is 18.5 Å². The van der Waals surface area contributed by atoms with Gasteiger partial charge in [-0.15, -0.1) is 0 Å². The number of carbonyl (C=O) groups excluding carboxylic acids is 1. The Bertz CT molecular complexity index is 527. The van der Waals surface area contributed by atoms with E-state index >= 15 is 0 Å². The number of nitrogens with zero attached hydrogens (tertiary/aromatic N) is 1. The molecule has 1 amide bonds. The van der Waals surface area contributed by atoms with E-state index in [0.717, 1.165) is 18.8 Å². The molecule has 2 heterocycles. The van der Waals surface area contributed by atoms with Crippen LogP contribution < -0.4 is 10.6 Å². The SMILES string of the molecule is CCNC(=O)c1ccc(N[C@@H]2[C@H]3CCO[C@@H]3C2(C)C)nc1. The van der Waals surface area contributed by atoms with Crippen molar-refractivity contribution in [3.05, 3.63) is 23.9 Å². The number of amides is 1. The average molecular weight is 289 g/mol. The van der Waals surface area contributed by atoms with Gasteiger partial charge in [0, 0.05) is 36.7 Å². The van der Waals surface area contributed by atoms with Crippen molar-refractivity contribution in [2.24, 2.45) is 11.3 Å². The first-order chi connectivity index (χ1) is 10.0. The minimum absolute atomic E-state index is 0.0789. The number of aromatic nitrogens is 1. The number of ether oxygens (including phenoxy) is 1. The molecule has 1 aliphatic heterocycles. The Hall–Kier alpha value is -1.62. The largest absolute Gasteiger partial charge is 0.377 e. The summed E-state index contributed by atoms with van der Waals surface area (Å²) in [5.41, 5.74) is 0.721. The number of hydrogen-bond donors (Lipinski definition) is 2. The lowest BCUT2D eigenvalue weighted by molar-refractivity contribution is -0.0924. The highest BCUT2D eigenvalue weighted by Crippen LogP contribution is 2.53. The molecule has 5 nitrogen and oxygen atoms in total. The predicted molar refractivity (Wildman–Crippen MR) is 81.3 cm³/mol. The van der Waals surface area contributed by atoms with Crippen LogP contribution in [0.5, 0.6) is 0 Å². The minimum atomic E-state index is -0.0789. The molecule has 2 aliphatic rings. The van der Waals surface area contributed by atoms with Crippen LogP contribution in [0.3, 0.4) is 0 Å². The summed E-state index contributed by atoms with van der Waals surface area (Å²) < 4.78 is 5.80. The second kappa shape index (κ2) is 5.30. The van der Waals surface area contributed by atoms with Crippen LogP contribution in [0.4, 0.5) is 5.82 Å². The molecule has 1 aliphatic carbocycles. The second-order valence-electron chi connectivity index (χ2n) is 6.48. The fourth-order valence-electron chi connectivity index (χ4n) is 3.65. The Kier molecular flexibility index (Phi) is 3.61. The molecular formula is C16H23N3O2. The molecule has 0 aromatic carbocycles. The Balaban J connectivity index is 1.67. The highest BCUT2D eigenvalue weighted by Gasteiger charge is 2.59. The number of pyridine rings is 1. The van der Waals surface area contributed by atoms with E-state index in [-0.39, 0.29) is 11.3 Å². The smallest absolute Gasteiger partial charge is 0.252 e. The molecule has 3 atom stereocenters. The van der Waals surface area contributed by atoms with Gasteiger partial charge in [0.15, 0.2) is 0 Å². The van der Waals surface area contributed by atoms with Crippen LogP contribution in [0, 0.1) is 11.3 Å². The van der Waals surface area contributed by atoms with Gasteiger partial charge in [0.25, 0.3) is 5.91 Å². The first-order valence-corrected chi connectivity index (χ1v) is 7.66. The van der Waals surface area contributed by atoms with E-state index in [1.54, 1.807) is 6.20 Å². The number of nitrogens with one attached hydrogen (secondary N) is 2. The zero-order valence-corrected chi connectivity index (χ0v) is 12.8. The van der Waals surface area contributed by atoms with Gasteiger partial charge in [0.2, 0.25) is 0 Å². The summed E-state index contributed by atoms with van der Waals surface area (Å²) in [6.45, 7) is 7.86. The minimum Gasteiger partial charge on any atom is -0.377 e. The van der Waals surface area contributed by atoms with Gasteiger partial charge in [0.1, 0.15) is 5.82 Å². The highest BCUT2D eigenvalue weighted by molar-refractivity contribution is 5.93. The molecule has 0 unspecified atom stereocenters. The predicted octanol–water partition coefficient (Wildman–Crippen LogP) is 2.06. The van der Waals surface area contributed by atoms with Crippen molar-refractivity contribution < 1.29 is 9.53 Å². The van der Waals surface area contributed by atoms with Crippen molar-refractivity contribution in [1.82, 2.24) is 10.3 Å². The van der Waals surface area contributed by atoms with Crippen molar-refractivity contribution >= 4 is 11.7 Å². The molecule has 3 rings (SSSR count). The van der Waals surface area contributed by atoms with Gasteiger partial charge in [-0.05, 0) is 25.5 Å². The van der Waals surface area contributed by atoms with Crippen molar-refractivity contribution in [1.29, 1.82) is 0 Å². The number of carbonyl (C=O) groups is 1. The van der Waals surface area contributed by atoms with Crippen molar-refractivity contribution in [3.8, 4) is 0 Å². The summed E-state index contributed by atoms with van der Waals surface area (Å²) >= 11 is 0. The maximum atomic E-state index is 11.7. The quantitative estimate of drug-likeness (QED) is 0.890. The summed E-state index contributed by atoms with van der Waals surface area (Å²) in [6.07, 6.45) is 3.11. The Morgan fingerprint density at radius 2 is 2.29 bits per heavy atom. The molecule has 1 aromatic heterocycles. The topological polar surface area (TPSA) is 63.2 Å². The lowest BCUT2D eigenvalue weighted by Gasteiger charge is -2.54. The first kappa shape index (κ1) is 14.3. The van der Waals surface area contributed by atoms with Crippen molar-refractivity contribution in [3.63, 3.8) is 0 Å². The van der Waals surface area contributed by atoms with Crippen LogP contribution in [-0.4, -0.2) is 36.2 Å². The van der Waals surface area contributed by atoms with Crippen LogP contribution in [0.15, 0.2) is 18.3 Å². The molecule has 2 N–H and O–H groups in total. The summed E-state index contributed by atoms with van der Waals surface area (Å²) in [7, 11) is 0. The average Bonchev–Trinajstić information content (AvgIpc) is 2.92. The zero-order chi connectivity index (χ0) is 15.0. The summed E-state index contributed by atoms with van der Waals surface area (Å²) in [6, 6.07) is 4.08. The van der Waals surface area contributed by atoms with Crippen LogP contribution in [0.25, 0.3) is 0 Å². The number of rotatable bonds is 4. The maximum absolute atomic E-state index is 11.7. The van der Waals surface area contributed by atoms with E-state index in [4.69, 9.17) is 4.74 Å². The van der Waals surface area contributed by atoms with E-state index < -0.39 is 0 Å². The summed E-state index contributed by atoms with van der Waals surface area (Å²) in [5.74, 6) is 1.32. The molecule has 114 valence electrons. The second-order valence-corrected chi connectivity index (χ2v) is 6.48. The molecule has 1 saturated heterocycles. The molecule has 1 saturated carbocycles. The van der Waals surface area contributed by atoms with E-state index in [1.165, 1.54) is 0 Å². The lowest BCUT2D eigenvalue weighted by Crippen LogP contribution is -2.63. The van der Waals surface area contributed by atoms with E-state index in [1.807, 2.05) is 19.1 Å². The fourth-order valence-corrected chi connectivity index (χ4v) is 3.65. The molecular weight excluding hydrogens is 266 g/mol. The maximum Gasteiger partial charge on any atom is 0.252 e. The van der Waals surface area contributed by atoms with E-state index in [9.17, 15) is 4.79 Å². The van der Waals surface area contributed by atoms with Crippen molar-refractivity contribution in [2.45, 2.75) is 39.3 Å². The Labute approximate surface area is 125 Å². The third-order valence-electron chi connectivity index (χ3n) is 4.77. The normalized spacial score (nSPS) is 29.4. The molecule has 0 bridgehead atoms. The van der Waals surface area contributed by atoms with Crippen LogP contribution in [0.1, 0.15) is 37.6 Å². The number of anilines is 1. The molecule has 5 heteroatoms. The third-order valence-corrected chi connectivity index (χ3v) is 4.77. The Morgan fingerprint density at radius 1 is 1.48 bits per heavy atom. The van der Waals surface area contributed by atoms with Gasteiger partial charge in [-0.3, -0.25) is 4.79 Å². The lowest BCUT2D eigenvalue weighted by atomic mass is 9.57. The third kappa shape index (κ3) is 2.39. The van der Waals surface area contributed by atoms with E-state index in [2.05, 4.69) is 29.5 Å². The van der Waals surface area contributed by atoms with Gasteiger partial charge in [-0.2, -0.15) is 0 Å². The van der Waals surface area contributed by atoms with Crippen LogP contribution in [-0.2, 0) is 4.74 Å². The number of fused-ring (bicyclic) bond motifs is 1. The first-order valence-electron chi connectivity index (χ1n) is 7.66. The standard InChI is InChI=1S/C16H23N3O2/c1-4-17-15(20)10-5-6-12(18-9-10)19-13-11-7-8-21-14(11)16(13,2)3/h5-6,9,11,13-14H,4,7-8H2,1-3H3,(H,17,20)(H,18,19)/t11-,13-,14+/m1/s1. The molecule has 1 aromatic rings. The molecule has 0 radical (unpaired) electrons. The van der Waals surface area contributed by atoms with Gasteiger partial charge >= 0.3 is 0 Å². The molecule has 0 spiro atoms. The Morgan fingerprint density at radius 3 is 2.95 bits per heavy atom. The summed E-state index contributed by atoms with van der Waals surface area (Å²) in [5, 5.41) is 6.29. The van der Waals surface area contributed by atoms with Gasteiger partial charge in [0.05, 0.1) is 11.7 Å². The highest BCUT2D eigenvalue weighted by atomic mass is 16.5. The molecule has 21 heavy (non-hydrogen) atoms. The van der Waals surface area contributed by atoms with Gasteiger partial charge in [-0.25, -0.2) is 4.98 Å². The fraction of sp³-hybridized carbons (Fsp3) is 0.625. The van der Waals surface area contributed by atoms with Gasteiger partial charge in [-0.1, -0.05) is 13.8 Å². The van der Waals surface area contributed by atoms with Crippen LogP contribution >= 0.6 is 0 Å². The molecule has 2 fully saturated rings. The zero-order valence-electron chi connectivity index (χ0n) is 12.8. The summed E-state index contributed by atoms with van der Waals surface area (Å²) in [4.78, 5) is 16.1. The van der Waals surface area contributed by atoms with Crippen LogP contribution in [0.2, 0.25) is 0 Å². The van der Waals surface area contributed by atoms with E-state index in [0.29, 0.717) is 30.2 Å². The van der Waals surface area contributed by atoms with Gasteiger partial charge < -0.3 is 15.4 Å². The monoisotopic (exact) mass is 289 g/mol. The number of hydrogen-bond acceptors (Lipinski definition) is 4.